The number of allylic oxidation sites excluding steroid dienone is 1. The van der Waals surface area contributed by atoms with Gasteiger partial charge in [0.05, 0.1) is 10.6 Å². The average Bonchev–Trinajstić information content (AvgIpc) is 2.38. The zero-order valence-corrected chi connectivity index (χ0v) is 11.2. The third-order valence-corrected chi connectivity index (χ3v) is 3.45. The van der Waals surface area contributed by atoms with Gasteiger partial charge in [-0.1, -0.05) is 0 Å². The maximum absolute atomic E-state index is 11.7. The SMILES string of the molecule is CC=C(O)C(=O)N(C#N)c1ccc(S(C)(=O)=O)cc1. The van der Waals surface area contributed by atoms with Crippen LogP contribution in [0.5, 0.6) is 0 Å². The van der Waals surface area contributed by atoms with Crippen LogP contribution < -0.4 is 4.90 Å². The summed E-state index contributed by atoms with van der Waals surface area (Å²) in [5.41, 5.74) is 0.174. The summed E-state index contributed by atoms with van der Waals surface area (Å²) < 4.78 is 22.6. The van der Waals surface area contributed by atoms with Crippen molar-refractivity contribution in [3.63, 3.8) is 0 Å². The quantitative estimate of drug-likeness (QED) is 0.390. The maximum Gasteiger partial charge on any atom is 0.306 e. The lowest BCUT2D eigenvalue weighted by atomic mass is 10.3. The number of benzene rings is 1. The number of anilines is 1. The number of amides is 1. The molecule has 6 nitrogen and oxygen atoms in total. The highest BCUT2D eigenvalue weighted by Gasteiger charge is 2.19. The standard InChI is InChI=1S/C12H12N2O4S/c1-3-11(15)12(16)14(8-13)9-4-6-10(7-5-9)19(2,17)18/h3-7,15H,1-2H3. The van der Waals surface area contributed by atoms with E-state index >= 15 is 0 Å². The number of rotatable bonds is 3. The number of carbonyl (C=O) groups is 1. The Balaban J connectivity index is 3.16. The zero-order chi connectivity index (χ0) is 14.6. The van der Waals surface area contributed by atoms with Crippen LogP contribution in [0.25, 0.3) is 0 Å². The van der Waals surface area contributed by atoms with Crippen LogP contribution in [0.15, 0.2) is 41.0 Å². The summed E-state index contributed by atoms with van der Waals surface area (Å²) >= 11 is 0. The van der Waals surface area contributed by atoms with Gasteiger partial charge in [-0.3, -0.25) is 4.79 Å². The van der Waals surface area contributed by atoms with Crippen LogP contribution in [0, 0.1) is 11.5 Å². The molecule has 1 amide bonds. The summed E-state index contributed by atoms with van der Waals surface area (Å²) in [7, 11) is -3.34. The van der Waals surface area contributed by atoms with E-state index in [0.717, 1.165) is 12.3 Å². The first-order valence-corrected chi connectivity index (χ1v) is 7.10. The predicted octanol–water partition coefficient (Wildman–Crippen LogP) is 1.37. The van der Waals surface area contributed by atoms with Gasteiger partial charge in [0.1, 0.15) is 0 Å². The molecule has 1 aromatic rings. The van der Waals surface area contributed by atoms with Gasteiger partial charge in [-0.2, -0.15) is 5.26 Å². The number of hydrogen-bond donors (Lipinski definition) is 1. The van der Waals surface area contributed by atoms with Gasteiger partial charge < -0.3 is 5.11 Å². The summed E-state index contributed by atoms with van der Waals surface area (Å²) in [5.74, 6) is -1.44. The molecule has 1 aromatic carbocycles. The summed E-state index contributed by atoms with van der Waals surface area (Å²) in [5, 5.41) is 18.2. The van der Waals surface area contributed by atoms with Crippen molar-refractivity contribution >= 4 is 21.4 Å². The van der Waals surface area contributed by atoms with Gasteiger partial charge in [-0.15, -0.1) is 0 Å². The second-order valence-corrected chi connectivity index (χ2v) is 5.70. The van der Waals surface area contributed by atoms with E-state index in [9.17, 15) is 18.3 Å². The van der Waals surface area contributed by atoms with Crippen molar-refractivity contribution in [2.24, 2.45) is 0 Å². The van der Waals surface area contributed by atoms with Crippen molar-refractivity contribution in [2.75, 3.05) is 11.2 Å². The molecular weight excluding hydrogens is 268 g/mol. The summed E-state index contributed by atoms with van der Waals surface area (Å²) in [6, 6.07) is 5.21. The largest absolute Gasteiger partial charge is 0.503 e. The molecule has 0 aliphatic rings. The van der Waals surface area contributed by atoms with Gasteiger partial charge in [-0.05, 0) is 37.3 Å². The van der Waals surface area contributed by atoms with Crippen molar-refractivity contribution in [3.8, 4) is 6.19 Å². The molecular formula is C12H12N2O4S. The number of nitriles is 1. The third kappa shape index (κ3) is 3.33. The van der Waals surface area contributed by atoms with Crippen LogP contribution in [-0.2, 0) is 14.6 Å². The predicted molar refractivity (Wildman–Crippen MR) is 69.0 cm³/mol. The Morgan fingerprint density at radius 2 is 1.89 bits per heavy atom. The van der Waals surface area contributed by atoms with Crippen LogP contribution in [0.3, 0.4) is 0 Å². The van der Waals surface area contributed by atoms with Gasteiger partial charge in [0, 0.05) is 6.26 Å². The summed E-state index contributed by atoms with van der Waals surface area (Å²) in [6.07, 6.45) is 3.85. The van der Waals surface area contributed by atoms with Gasteiger partial charge in [0.25, 0.3) is 0 Å². The number of hydrogen-bond acceptors (Lipinski definition) is 5. The van der Waals surface area contributed by atoms with E-state index < -0.39 is 21.5 Å². The van der Waals surface area contributed by atoms with E-state index in [1.165, 1.54) is 31.2 Å². The Bertz CT molecular complexity index is 654. The highest BCUT2D eigenvalue weighted by Crippen LogP contribution is 2.18. The normalized spacial score (nSPS) is 11.7. The van der Waals surface area contributed by atoms with Crippen molar-refractivity contribution < 1.29 is 18.3 Å². The zero-order valence-electron chi connectivity index (χ0n) is 10.4. The summed E-state index contributed by atoms with van der Waals surface area (Å²) in [6.45, 7) is 1.45. The minimum absolute atomic E-state index is 0.0804. The van der Waals surface area contributed by atoms with Gasteiger partial charge in [0.2, 0.25) is 0 Å². The molecule has 7 heteroatoms. The number of nitrogens with zero attached hydrogens (tertiary/aromatic N) is 2. The Morgan fingerprint density at radius 1 is 1.37 bits per heavy atom. The fourth-order valence-electron chi connectivity index (χ4n) is 1.30. The molecule has 0 spiro atoms. The topological polar surface area (TPSA) is 98.5 Å². The molecule has 19 heavy (non-hydrogen) atoms. The average molecular weight is 280 g/mol. The lowest BCUT2D eigenvalue weighted by Crippen LogP contribution is -2.27. The molecule has 0 aromatic heterocycles. The van der Waals surface area contributed by atoms with E-state index in [1.807, 2.05) is 0 Å². The van der Waals surface area contributed by atoms with E-state index in [-0.39, 0.29) is 10.6 Å². The number of carbonyl (C=O) groups excluding carboxylic acids is 1. The highest BCUT2D eigenvalue weighted by atomic mass is 32.2. The second-order valence-electron chi connectivity index (χ2n) is 3.68. The number of sulfone groups is 1. The van der Waals surface area contributed by atoms with Crippen molar-refractivity contribution in [2.45, 2.75) is 11.8 Å². The minimum atomic E-state index is -3.34. The van der Waals surface area contributed by atoms with Crippen molar-refractivity contribution in [3.05, 3.63) is 36.1 Å². The minimum Gasteiger partial charge on any atom is -0.503 e. The Hall–Kier alpha value is -2.33. The van der Waals surface area contributed by atoms with Crippen LogP contribution in [-0.4, -0.2) is 25.7 Å². The van der Waals surface area contributed by atoms with E-state index in [0.29, 0.717) is 4.90 Å². The fourth-order valence-corrected chi connectivity index (χ4v) is 1.93. The molecule has 0 heterocycles. The smallest absolute Gasteiger partial charge is 0.306 e. The third-order valence-electron chi connectivity index (χ3n) is 2.32. The Labute approximate surface area is 111 Å². The van der Waals surface area contributed by atoms with E-state index in [1.54, 1.807) is 6.19 Å². The van der Waals surface area contributed by atoms with Gasteiger partial charge >= 0.3 is 5.91 Å². The molecule has 0 unspecified atom stereocenters. The second kappa shape index (κ2) is 5.54. The molecule has 0 fully saturated rings. The monoisotopic (exact) mass is 280 g/mol. The molecule has 0 saturated heterocycles. The van der Waals surface area contributed by atoms with Crippen LogP contribution in [0.1, 0.15) is 6.92 Å². The molecule has 0 bridgehead atoms. The maximum atomic E-state index is 11.7. The Morgan fingerprint density at radius 3 is 2.26 bits per heavy atom. The van der Waals surface area contributed by atoms with Crippen LogP contribution in [0.4, 0.5) is 5.69 Å². The molecule has 0 atom stereocenters. The molecule has 0 aliphatic carbocycles. The van der Waals surface area contributed by atoms with E-state index in [4.69, 9.17) is 5.26 Å². The fraction of sp³-hybridized carbons (Fsp3) is 0.167. The van der Waals surface area contributed by atoms with Crippen molar-refractivity contribution in [1.82, 2.24) is 0 Å². The molecule has 0 aliphatic heterocycles. The van der Waals surface area contributed by atoms with Crippen LogP contribution in [0.2, 0.25) is 0 Å². The molecule has 100 valence electrons. The molecule has 0 saturated carbocycles. The van der Waals surface area contributed by atoms with Gasteiger partial charge in [-0.25, -0.2) is 13.3 Å². The highest BCUT2D eigenvalue weighted by molar-refractivity contribution is 7.90. The number of aliphatic hydroxyl groups is 1. The van der Waals surface area contributed by atoms with E-state index in [2.05, 4.69) is 0 Å². The first kappa shape index (κ1) is 14.7. The van der Waals surface area contributed by atoms with Gasteiger partial charge in [0.15, 0.2) is 21.8 Å². The first-order chi connectivity index (χ1) is 8.81. The first-order valence-electron chi connectivity index (χ1n) is 5.21. The molecule has 1 N–H and O–H groups in total. The van der Waals surface area contributed by atoms with Crippen molar-refractivity contribution in [1.29, 1.82) is 5.26 Å². The lowest BCUT2D eigenvalue weighted by Gasteiger charge is -2.13. The summed E-state index contributed by atoms with van der Waals surface area (Å²) in [4.78, 5) is 12.4. The number of aliphatic hydroxyl groups excluding tert-OH is 1. The molecule has 1 rings (SSSR count). The molecule has 0 radical (unpaired) electrons. The Kier molecular flexibility index (Phi) is 4.30. The van der Waals surface area contributed by atoms with Crippen LogP contribution >= 0.6 is 0 Å². The lowest BCUT2D eigenvalue weighted by molar-refractivity contribution is -0.116.